The fraction of sp³-hybridized carbons (Fsp3) is 0.588. The summed E-state index contributed by atoms with van der Waals surface area (Å²) >= 11 is 0. The average Bonchev–Trinajstić information content (AvgIpc) is 2.40. The van der Waals surface area contributed by atoms with Crippen LogP contribution in [0.4, 0.5) is 0 Å². The van der Waals surface area contributed by atoms with Gasteiger partial charge in [-0.15, -0.1) is 0 Å². The second-order valence-corrected chi connectivity index (χ2v) is 6.93. The molecule has 3 aliphatic rings. The van der Waals surface area contributed by atoms with E-state index in [2.05, 4.69) is 38.1 Å². The van der Waals surface area contributed by atoms with Gasteiger partial charge in [-0.05, 0) is 56.1 Å². The first-order valence-corrected chi connectivity index (χ1v) is 7.37. The highest BCUT2D eigenvalue weighted by Gasteiger charge is 2.60. The minimum Gasteiger partial charge on any atom is -0.454 e. The van der Waals surface area contributed by atoms with Crippen molar-refractivity contribution in [3.05, 3.63) is 35.4 Å². The molecule has 2 heteroatoms. The van der Waals surface area contributed by atoms with Gasteiger partial charge in [-0.2, -0.15) is 0 Å². The number of rotatable bonds is 0. The minimum atomic E-state index is -0.397. The van der Waals surface area contributed by atoms with Gasteiger partial charge in [-0.1, -0.05) is 30.7 Å². The Balaban J connectivity index is 1.96. The predicted molar refractivity (Wildman–Crippen MR) is 72.7 cm³/mol. The summed E-state index contributed by atoms with van der Waals surface area (Å²) in [6, 6.07) is 8.58. The molecule has 1 saturated heterocycles. The van der Waals surface area contributed by atoms with Crippen LogP contribution >= 0.6 is 0 Å². The molecule has 4 atom stereocenters. The molecule has 2 bridgehead atoms. The maximum atomic E-state index is 12.5. The molecular weight excluding hydrogens is 236 g/mol. The van der Waals surface area contributed by atoms with Gasteiger partial charge in [-0.25, -0.2) is 0 Å². The molecule has 2 aliphatic carbocycles. The zero-order chi connectivity index (χ0) is 13.3. The summed E-state index contributed by atoms with van der Waals surface area (Å²) in [5, 5.41) is 0. The van der Waals surface area contributed by atoms with Crippen LogP contribution in [0.15, 0.2) is 24.3 Å². The molecule has 2 fully saturated rings. The number of benzene rings is 1. The van der Waals surface area contributed by atoms with E-state index in [4.69, 9.17) is 4.74 Å². The SMILES string of the molecule is C[C@]12C[C@H]3[C@H](CCC[C@@]3(C)C(=O)O1)c1ccccc12. The molecule has 1 aromatic rings. The first kappa shape index (κ1) is 11.5. The van der Waals surface area contributed by atoms with Gasteiger partial charge in [0, 0.05) is 0 Å². The largest absolute Gasteiger partial charge is 0.454 e. The predicted octanol–water partition coefficient (Wildman–Crippen LogP) is 3.75. The molecule has 100 valence electrons. The topological polar surface area (TPSA) is 26.3 Å². The van der Waals surface area contributed by atoms with Crippen molar-refractivity contribution in [2.24, 2.45) is 11.3 Å². The van der Waals surface area contributed by atoms with Gasteiger partial charge >= 0.3 is 5.97 Å². The Morgan fingerprint density at radius 3 is 2.89 bits per heavy atom. The van der Waals surface area contributed by atoms with Crippen LogP contribution < -0.4 is 0 Å². The van der Waals surface area contributed by atoms with E-state index in [1.165, 1.54) is 17.5 Å². The van der Waals surface area contributed by atoms with Crippen LogP contribution in [0.1, 0.15) is 56.6 Å². The van der Waals surface area contributed by atoms with Crippen molar-refractivity contribution in [2.45, 2.75) is 51.0 Å². The molecule has 4 rings (SSSR count). The summed E-state index contributed by atoms with van der Waals surface area (Å²) in [7, 11) is 0. The van der Waals surface area contributed by atoms with E-state index in [1.54, 1.807) is 0 Å². The first-order valence-electron chi connectivity index (χ1n) is 7.37. The van der Waals surface area contributed by atoms with Gasteiger partial charge in [0.2, 0.25) is 0 Å². The molecular formula is C17H20O2. The Hall–Kier alpha value is -1.31. The lowest BCUT2D eigenvalue weighted by molar-refractivity contribution is -0.202. The molecule has 1 aromatic carbocycles. The highest BCUT2D eigenvalue weighted by Crippen LogP contribution is 2.61. The summed E-state index contributed by atoms with van der Waals surface area (Å²) < 4.78 is 5.92. The standard InChI is InChI=1S/C17H20O2/c1-16-9-5-7-12-11-6-3-4-8-13(11)17(2,10-14(12)16)19-15(16)18/h3-4,6,8,12,14H,5,7,9-10H2,1-2H3/t12-,14+,16-,17-/m1/s1. The van der Waals surface area contributed by atoms with Crippen LogP contribution in [0.5, 0.6) is 0 Å². The summed E-state index contributed by atoms with van der Waals surface area (Å²) in [5.74, 6) is 1.05. The number of ether oxygens (including phenoxy) is 1. The van der Waals surface area contributed by atoms with Gasteiger partial charge in [0.05, 0.1) is 5.41 Å². The first-order chi connectivity index (χ1) is 9.05. The molecule has 0 radical (unpaired) electrons. The third kappa shape index (κ3) is 1.30. The van der Waals surface area contributed by atoms with E-state index in [1.807, 2.05) is 0 Å². The Kier molecular flexibility index (Phi) is 2.07. The van der Waals surface area contributed by atoms with Gasteiger partial charge in [-0.3, -0.25) is 4.79 Å². The molecule has 0 spiro atoms. The van der Waals surface area contributed by atoms with Crippen molar-refractivity contribution in [3.8, 4) is 0 Å². The summed E-state index contributed by atoms with van der Waals surface area (Å²) in [5.41, 5.74) is 2.02. The zero-order valence-corrected chi connectivity index (χ0v) is 11.6. The van der Waals surface area contributed by atoms with Crippen LogP contribution in [0.2, 0.25) is 0 Å². The fourth-order valence-corrected chi connectivity index (χ4v) is 4.76. The molecule has 0 amide bonds. The van der Waals surface area contributed by atoms with Gasteiger partial charge in [0.1, 0.15) is 5.60 Å². The Morgan fingerprint density at radius 2 is 2.05 bits per heavy atom. The molecule has 19 heavy (non-hydrogen) atoms. The second kappa shape index (κ2) is 3.41. The third-order valence-electron chi connectivity index (χ3n) is 5.84. The van der Waals surface area contributed by atoms with Crippen molar-refractivity contribution in [3.63, 3.8) is 0 Å². The normalized spacial score (nSPS) is 43.4. The molecule has 2 nitrogen and oxygen atoms in total. The van der Waals surface area contributed by atoms with E-state index in [0.717, 1.165) is 19.3 Å². The van der Waals surface area contributed by atoms with Gasteiger partial charge in [0.15, 0.2) is 0 Å². The molecule has 0 aromatic heterocycles. The quantitative estimate of drug-likeness (QED) is 0.661. The number of hydrogen-bond donors (Lipinski definition) is 0. The van der Waals surface area contributed by atoms with Gasteiger partial charge in [0.25, 0.3) is 0 Å². The van der Waals surface area contributed by atoms with Gasteiger partial charge < -0.3 is 4.74 Å². The Morgan fingerprint density at radius 1 is 1.26 bits per heavy atom. The van der Waals surface area contributed by atoms with Crippen molar-refractivity contribution in [1.82, 2.24) is 0 Å². The molecule has 1 aliphatic heterocycles. The molecule has 0 N–H and O–H groups in total. The third-order valence-corrected chi connectivity index (χ3v) is 5.84. The molecule has 0 unspecified atom stereocenters. The highest BCUT2D eigenvalue weighted by atomic mass is 16.6. The fourth-order valence-electron chi connectivity index (χ4n) is 4.76. The van der Waals surface area contributed by atoms with Crippen molar-refractivity contribution >= 4 is 5.97 Å². The van der Waals surface area contributed by atoms with Crippen LogP contribution in [0.3, 0.4) is 0 Å². The lowest BCUT2D eigenvalue weighted by Crippen LogP contribution is -2.56. The van der Waals surface area contributed by atoms with Crippen molar-refractivity contribution in [2.75, 3.05) is 0 Å². The number of fused-ring (bicyclic) bond motifs is 4. The average molecular weight is 256 g/mol. The van der Waals surface area contributed by atoms with E-state index < -0.39 is 5.60 Å². The van der Waals surface area contributed by atoms with Crippen LogP contribution in [0, 0.1) is 11.3 Å². The second-order valence-electron chi connectivity index (χ2n) is 6.93. The Labute approximate surface area is 114 Å². The summed E-state index contributed by atoms with van der Waals surface area (Å²) in [6.07, 6.45) is 4.35. The van der Waals surface area contributed by atoms with E-state index in [-0.39, 0.29) is 11.4 Å². The zero-order valence-electron chi connectivity index (χ0n) is 11.6. The number of carbonyl (C=O) groups is 1. The summed E-state index contributed by atoms with van der Waals surface area (Å²) in [4.78, 5) is 12.5. The number of carbonyl (C=O) groups excluding carboxylic acids is 1. The van der Waals surface area contributed by atoms with Crippen LogP contribution in [-0.4, -0.2) is 5.97 Å². The minimum absolute atomic E-state index is 0.0328. The maximum absolute atomic E-state index is 12.5. The van der Waals surface area contributed by atoms with Crippen LogP contribution in [-0.2, 0) is 15.1 Å². The maximum Gasteiger partial charge on any atom is 0.312 e. The van der Waals surface area contributed by atoms with Crippen molar-refractivity contribution in [1.29, 1.82) is 0 Å². The van der Waals surface area contributed by atoms with Crippen molar-refractivity contribution < 1.29 is 9.53 Å². The highest BCUT2D eigenvalue weighted by molar-refractivity contribution is 5.79. The lowest BCUT2D eigenvalue weighted by Gasteiger charge is -2.56. The molecule has 1 heterocycles. The number of hydrogen-bond acceptors (Lipinski definition) is 2. The van der Waals surface area contributed by atoms with E-state index in [9.17, 15) is 4.79 Å². The Bertz CT molecular complexity index is 564. The number of esters is 1. The monoisotopic (exact) mass is 256 g/mol. The lowest BCUT2D eigenvalue weighted by atomic mass is 9.52. The molecule has 1 saturated carbocycles. The van der Waals surface area contributed by atoms with Crippen LogP contribution in [0.25, 0.3) is 0 Å². The van der Waals surface area contributed by atoms with E-state index >= 15 is 0 Å². The van der Waals surface area contributed by atoms with E-state index in [0.29, 0.717) is 11.8 Å². The smallest absolute Gasteiger partial charge is 0.312 e. The summed E-state index contributed by atoms with van der Waals surface area (Å²) in [6.45, 7) is 4.22.